The minimum absolute atomic E-state index is 0.00911. The molecule has 1 saturated carbocycles. The Labute approximate surface area is 227 Å². The maximum absolute atomic E-state index is 13.1. The van der Waals surface area contributed by atoms with E-state index >= 15 is 0 Å². The Bertz CT molecular complexity index is 1290. The molecule has 1 aliphatic heterocycles. The van der Waals surface area contributed by atoms with Crippen LogP contribution in [0.2, 0.25) is 0 Å². The summed E-state index contributed by atoms with van der Waals surface area (Å²) in [6.45, 7) is 10.4. The van der Waals surface area contributed by atoms with Gasteiger partial charge in [0.05, 0.1) is 0 Å². The summed E-state index contributed by atoms with van der Waals surface area (Å²) in [5.41, 5.74) is 6.02. The molecular formula is C33H40N4O. The molecule has 0 bridgehead atoms. The predicted octanol–water partition coefficient (Wildman–Crippen LogP) is 6.54. The van der Waals surface area contributed by atoms with E-state index < -0.39 is 0 Å². The summed E-state index contributed by atoms with van der Waals surface area (Å²) < 4.78 is 0. The summed E-state index contributed by atoms with van der Waals surface area (Å²) >= 11 is 0. The van der Waals surface area contributed by atoms with Crippen molar-refractivity contribution < 1.29 is 4.79 Å². The minimum atomic E-state index is -0.362. The number of carbonyl (C=O) groups excluding carboxylic acids is 1. The second kappa shape index (κ2) is 11.1. The van der Waals surface area contributed by atoms with Gasteiger partial charge in [-0.1, -0.05) is 55.0 Å². The van der Waals surface area contributed by atoms with Gasteiger partial charge in [0.2, 0.25) is 0 Å². The minimum Gasteiger partial charge on any atom is -0.369 e. The first-order valence-electron chi connectivity index (χ1n) is 14.0. The molecule has 1 saturated heterocycles. The van der Waals surface area contributed by atoms with Crippen molar-refractivity contribution in [1.82, 2.24) is 4.90 Å². The van der Waals surface area contributed by atoms with Gasteiger partial charge in [-0.05, 0) is 86.9 Å². The van der Waals surface area contributed by atoms with E-state index in [1.165, 1.54) is 24.1 Å². The van der Waals surface area contributed by atoms with Gasteiger partial charge in [-0.2, -0.15) is 0 Å². The van der Waals surface area contributed by atoms with Gasteiger partial charge < -0.3 is 10.2 Å². The van der Waals surface area contributed by atoms with Crippen LogP contribution in [0, 0.1) is 25.2 Å². The van der Waals surface area contributed by atoms with Crippen LogP contribution in [0.3, 0.4) is 0 Å². The van der Waals surface area contributed by atoms with Gasteiger partial charge in [-0.3, -0.25) is 15.1 Å². The number of nitrogens with one attached hydrogen (secondary N) is 2. The van der Waals surface area contributed by atoms with E-state index in [4.69, 9.17) is 5.41 Å². The fourth-order valence-electron chi connectivity index (χ4n) is 6.27. The highest BCUT2D eigenvalue weighted by Crippen LogP contribution is 2.45. The van der Waals surface area contributed by atoms with Crippen LogP contribution in [0.5, 0.6) is 0 Å². The summed E-state index contributed by atoms with van der Waals surface area (Å²) in [6.07, 6.45) is 4.70. The normalized spacial score (nSPS) is 22.2. The zero-order valence-electron chi connectivity index (χ0n) is 23.0. The van der Waals surface area contributed by atoms with E-state index in [2.05, 4.69) is 70.6 Å². The van der Waals surface area contributed by atoms with E-state index in [0.29, 0.717) is 5.56 Å². The standard InChI is InChI=1S/C33H40N4O/c1-24-14-16-33(17-15-24,37-20-18-36(19-21-37)29-10-5-4-6-11-29)27-8-7-9-28(23-27)35-32(38)31(34)30-22-25(2)12-13-26(30)3/h4-13,22-24,34H,14-21H2,1-3H3,(H,35,38). The number of hydrogen-bond acceptors (Lipinski definition) is 4. The van der Waals surface area contributed by atoms with E-state index in [1.807, 2.05) is 38.1 Å². The fraction of sp³-hybridized carbons (Fsp3) is 0.394. The Morgan fingerprint density at radius 2 is 1.61 bits per heavy atom. The Balaban J connectivity index is 1.36. The van der Waals surface area contributed by atoms with Gasteiger partial charge in [0.1, 0.15) is 5.71 Å². The van der Waals surface area contributed by atoms with Crippen molar-refractivity contribution in [2.24, 2.45) is 5.92 Å². The number of benzene rings is 3. The number of hydrogen-bond donors (Lipinski definition) is 2. The molecule has 1 heterocycles. The molecule has 5 heteroatoms. The number of amides is 1. The highest BCUT2D eigenvalue weighted by molar-refractivity contribution is 6.48. The number of carbonyl (C=O) groups is 1. The van der Waals surface area contributed by atoms with Crippen LogP contribution in [-0.4, -0.2) is 42.7 Å². The van der Waals surface area contributed by atoms with Gasteiger partial charge >= 0.3 is 0 Å². The maximum atomic E-state index is 13.1. The molecule has 38 heavy (non-hydrogen) atoms. The monoisotopic (exact) mass is 508 g/mol. The first kappa shape index (κ1) is 26.2. The summed E-state index contributed by atoms with van der Waals surface area (Å²) in [5.74, 6) is 0.383. The Morgan fingerprint density at radius 1 is 0.895 bits per heavy atom. The zero-order valence-corrected chi connectivity index (χ0v) is 23.0. The van der Waals surface area contributed by atoms with Crippen molar-refractivity contribution in [2.45, 2.75) is 52.0 Å². The molecule has 0 spiro atoms. The molecule has 3 aromatic rings. The number of nitrogens with zero attached hydrogens (tertiary/aromatic N) is 2. The van der Waals surface area contributed by atoms with Gasteiger partial charge in [0.15, 0.2) is 0 Å². The molecule has 0 unspecified atom stereocenters. The third kappa shape index (κ3) is 5.39. The van der Waals surface area contributed by atoms with Crippen molar-refractivity contribution in [2.75, 3.05) is 36.4 Å². The second-order valence-corrected chi connectivity index (χ2v) is 11.3. The number of anilines is 2. The first-order valence-corrected chi connectivity index (χ1v) is 14.0. The first-order chi connectivity index (χ1) is 18.4. The summed E-state index contributed by atoms with van der Waals surface area (Å²) in [4.78, 5) is 18.3. The van der Waals surface area contributed by atoms with Crippen LogP contribution >= 0.6 is 0 Å². The Kier molecular flexibility index (Phi) is 7.66. The molecular weight excluding hydrogens is 468 g/mol. The van der Waals surface area contributed by atoms with E-state index in [0.717, 1.165) is 61.8 Å². The summed E-state index contributed by atoms with van der Waals surface area (Å²) in [5, 5.41) is 11.6. The van der Waals surface area contributed by atoms with Crippen LogP contribution in [-0.2, 0) is 10.3 Å². The highest BCUT2D eigenvalue weighted by Gasteiger charge is 2.42. The lowest BCUT2D eigenvalue weighted by atomic mass is 9.71. The summed E-state index contributed by atoms with van der Waals surface area (Å²) in [6, 6.07) is 25.0. The number of aryl methyl sites for hydroxylation is 2. The maximum Gasteiger partial charge on any atom is 0.274 e. The average Bonchev–Trinajstić information content (AvgIpc) is 2.95. The molecule has 5 rings (SSSR count). The number of para-hydroxylation sites is 1. The molecule has 3 aromatic carbocycles. The molecule has 1 aliphatic carbocycles. The van der Waals surface area contributed by atoms with Crippen molar-refractivity contribution >= 4 is 23.0 Å². The molecule has 5 nitrogen and oxygen atoms in total. The topological polar surface area (TPSA) is 59.4 Å². The smallest absolute Gasteiger partial charge is 0.274 e. The second-order valence-electron chi connectivity index (χ2n) is 11.3. The van der Waals surface area contributed by atoms with Crippen molar-refractivity contribution in [3.05, 3.63) is 95.1 Å². The average molecular weight is 509 g/mol. The SMILES string of the molecule is Cc1ccc(C)c(C(=N)C(=O)Nc2cccc(C3(N4CCN(c5ccccc5)CC4)CCC(C)CC3)c2)c1. The lowest BCUT2D eigenvalue weighted by molar-refractivity contribution is -0.110. The molecule has 2 N–H and O–H groups in total. The van der Waals surface area contributed by atoms with Crippen LogP contribution in [0.4, 0.5) is 11.4 Å². The zero-order chi connectivity index (χ0) is 26.7. The van der Waals surface area contributed by atoms with Crippen LogP contribution in [0.15, 0.2) is 72.8 Å². The number of rotatable bonds is 6. The molecule has 2 fully saturated rings. The number of piperazine rings is 1. The van der Waals surface area contributed by atoms with Crippen LogP contribution in [0.1, 0.15) is 54.9 Å². The van der Waals surface area contributed by atoms with E-state index in [9.17, 15) is 4.79 Å². The fourth-order valence-corrected chi connectivity index (χ4v) is 6.27. The predicted molar refractivity (Wildman–Crippen MR) is 157 cm³/mol. The van der Waals surface area contributed by atoms with E-state index in [1.54, 1.807) is 0 Å². The molecule has 0 radical (unpaired) electrons. The van der Waals surface area contributed by atoms with Crippen LogP contribution in [0.25, 0.3) is 0 Å². The van der Waals surface area contributed by atoms with E-state index in [-0.39, 0.29) is 17.2 Å². The molecule has 1 amide bonds. The van der Waals surface area contributed by atoms with Crippen molar-refractivity contribution in [1.29, 1.82) is 5.41 Å². The lowest BCUT2D eigenvalue weighted by Crippen LogP contribution is -2.56. The molecule has 0 aromatic heterocycles. The quantitative estimate of drug-likeness (QED) is 0.372. The van der Waals surface area contributed by atoms with Gasteiger partial charge in [0, 0.05) is 48.7 Å². The largest absolute Gasteiger partial charge is 0.369 e. The third-order valence-corrected chi connectivity index (χ3v) is 8.66. The van der Waals surface area contributed by atoms with Gasteiger partial charge in [-0.25, -0.2) is 0 Å². The van der Waals surface area contributed by atoms with Crippen LogP contribution < -0.4 is 10.2 Å². The molecule has 0 atom stereocenters. The van der Waals surface area contributed by atoms with Gasteiger partial charge in [-0.15, -0.1) is 0 Å². The highest BCUT2D eigenvalue weighted by atomic mass is 16.1. The Hall–Kier alpha value is -3.44. The lowest BCUT2D eigenvalue weighted by Gasteiger charge is -2.51. The summed E-state index contributed by atoms with van der Waals surface area (Å²) in [7, 11) is 0. The molecule has 2 aliphatic rings. The van der Waals surface area contributed by atoms with Crippen molar-refractivity contribution in [3.63, 3.8) is 0 Å². The Morgan fingerprint density at radius 3 is 2.32 bits per heavy atom. The molecule has 198 valence electrons. The van der Waals surface area contributed by atoms with Gasteiger partial charge in [0.25, 0.3) is 5.91 Å². The van der Waals surface area contributed by atoms with Crippen molar-refractivity contribution in [3.8, 4) is 0 Å². The third-order valence-electron chi connectivity index (χ3n) is 8.66.